The number of phenols is 1. The Hall–Kier alpha value is -2.55. The second kappa shape index (κ2) is 8.52. The molecule has 0 amide bonds. The number of benzene rings is 1. The van der Waals surface area contributed by atoms with Gasteiger partial charge in [-0.15, -0.1) is 0 Å². The third kappa shape index (κ3) is 6.46. The fourth-order valence-electron chi connectivity index (χ4n) is 1.97. The average molecular weight is 341 g/mol. The molecular weight excluding hydrogens is 313 g/mol. The molecule has 0 aliphatic carbocycles. The second-order valence-electron chi connectivity index (χ2n) is 6.65. The van der Waals surface area contributed by atoms with E-state index in [0.717, 1.165) is 22.3 Å². The van der Waals surface area contributed by atoms with E-state index in [1.165, 1.54) is 13.8 Å². The molecule has 0 fully saturated rings. The van der Waals surface area contributed by atoms with Crippen molar-refractivity contribution in [2.24, 2.45) is 0 Å². The Morgan fingerprint density at radius 3 is 2.28 bits per heavy atom. The van der Waals surface area contributed by atoms with Gasteiger partial charge in [0.25, 0.3) is 0 Å². The lowest BCUT2D eigenvalue weighted by Crippen LogP contribution is -2.15. The van der Waals surface area contributed by atoms with E-state index in [4.69, 9.17) is 0 Å². The molecule has 3 heteroatoms. The van der Waals surface area contributed by atoms with Crippen LogP contribution in [0, 0.1) is 0 Å². The van der Waals surface area contributed by atoms with E-state index in [1.54, 1.807) is 31.2 Å². The van der Waals surface area contributed by atoms with Crippen LogP contribution >= 0.6 is 0 Å². The molecule has 0 radical (unpaired) electrons. The Labute approximate surface area is 150 Å². The van der Waals surface area contributed by atoms with Crippen molar-refractivity contribution in [3.8, 4) is 5.75 Å². The smallest absolute Gasteiger partial charge is 0.126 e. The average Bonchev–Trinajstić information content (AvgIpc) is 2.52. The molecule has 1 aromatic rings. The summed E-state index contributed by atoms with van der Waals surface area (Å²) in [6, 6.07) is 5.24. The van der Waals surface area contributed by atoms with Crippen LogP contribution in [0.5, 0.6) is 5.75 Å². The van der Waals surface area contributed by atoms with Crippen molar-refractivity contribution in [1.82, 2.24) is 5.32 Å². The molecule has 0 saturated heterocycles. The summed E-state index contributed by atoms with van der Waals surface area (Å²) in [6.07, 6.45) is 5.32. The topological polar surface area (TPSA) is 32.3 Å². The fraction of sp³-hybridized carbons (Fsp3) is 0.273. The van der Waals surface area contributed by atoms with Crippen LogP contribution in [0.3, 0.4) is 0 Å². The number of hydrogen-bond donors (Lipinski definition) is 2. The number of alkyl halides is 1. The molecule has 2 nitrogen and oxygen atoms in total. The summed E-state index contributed by atoms with van der Waals surface area (Å²) in [5.74, 6) is 0.168. The maximum absolute atomic E-state index is 13.8. The van der Waals surface area contributed by atoms with E-state index < -0.39 is 5.67 Å². The minimum atomic E-state index is -1.35. The first-order valence-corrected chi connectivity index (χ1v) is 8.17. The van der Waals surface area contributed by atoms with E-state index in [1.807, 2.05) is 19.1 Å². The van der Waals surface area contributed by atoms with Crippen LogP contribution in [0.2, 0.25) is 0 Å². The van der Waals surface area contributed by atoms with Crippen LogP contribution in [-0.4, -0.2) is 17.3 Å². The van der Waals surface area contributed by atoms with Crippen LogP contribution in [0.1, 0.15) is 38.8 Å². The summed E-state index contributed by atoms with van der Waals surface area (Å²) in [5, 5.41) is 13.1. The predicted molar refractivity (Wildman–Crippen MR) is 107 cm³/mol. The summed E-state index contributed by atoms with van der Waals surface area (Å²) >= 11 is 0. The molecular formula is C22H28FNO. The molecule has 0 saturated carbocycles. The molecule has 0 bridgehead atoms. The van der Waals surface area contributed by atoms with Gasteiger partial charge >= 0.3 is 0 Å². The Morgan fingerprint density at radius 2 is 1.76 bits per heavy atom. The van der Waals surface area contributed by atoms with Gasteiger partial charge in [-0.1, -0.05) is 43.5 Å². The maximum Gasteiger partial charge on any atom is 0.126 e. The molecule has 1 aromatic carbocycles. The van der Waals surface area contributed by atoms with Gasteiger partial charge in [0.05, 0.1) is 0 Å². The first kappa shape index (κ1) is 20.5. The number of nitrogens with one attached hydrogen (secondary N) is 1. The van der Waals surface area contributed by atoms with E-state index >= 15 is 0 Å². The first-order chi connectivity index (χ1) is 11.5. The number of rotatable bonds is 8. The molecule has 2 N–H and O–H groups in total. The fourth-order valence-corrected chi connectivity index (χ4v) is 1.97. The number of phenolic OH excluding ortho intramolecular Hbond substituents is 1. The molecule has 0 spiro atoms. The van der Waals surface area contributed by atoms with E-state index in [2.05, 4.69) is 25.1 Å². The SMILES string of the molecule is C=C/C(=C\C=C(/C)C(C)(C)F)CNC(=C)c1cc(O)cc(C(=C)C)c1. The van der Waals surface area contributed by atoms with Crippen molar-refractivity contribution in [1.29, 1.82) is 0 Å². The minimum absolute atomic E-state index is 0.168. The Bertz CT molecular complexity index is 733. The number of allylic oxidation sites excluding steroid dienone is 4. The first-order valence-electron chi connectivity index (χ1n) is 8.17. The zero-order valence-electron chi connectivity index (χ0n) is 15.6. The van der Waals surface area contributed by atoms with Crippen molar-refractivity contribution >= 4 is 11.3 Å². The van der Waals surface area contributed by atoms with E-state index in [0.29, 0.717) is 17.8 Å². The van der Waals surface area contributed by atoms with E-state index in [9.17, 15) is 9.50 Å². The van der Waals surface area contributed by atoms with Gasteiger partial charge in [0.2, 0.25) is 0 Å². The predicted octanol–water partition coefficient (Wildman–Crippen LogP) is 5.79. The zero-order valence-corrected chi connectivity index (χ0v) is 15.6. The molecule has 0 atom stereocenters. The summed E-state index contributed by atoms with van der Waals surface area (Å²) < 4.78 is 13.8. The van der Waals surface area contributed by atoms with Gasteiger partial charge in [0, 0.05) is 17.8 Å². The van der Waals surface area contributed by atoms with Gasteiger partial charge in [0.15, 0.2) is 0 Å². The Kier molecular flexibility index (Phi) is 6.98. The number of hydrogen-bond acceptors (Lipinski definition) is 2. The second-order valence-corrected chi connectivity index (χ2v) is 6.65. The highest BCUT2D eigenvalue weighted by Gasteiger charge is 2.16. The lowest BCUT2D eigenvalue weighted by molar-refractivity contribution is 0.268. The highest BCUT2D eigenvalue weighted by molar-refractivity contribution is 5.71. The Balaban J connectivity index is 2.87. The van der Waals surface area contributed by atoms with Crippen molar-refractivity contribution in [3.05, 3.63) is 78.4 Å². The van der Waals surface area contributed by atoms with Gasteiger partial charge < -0.3 is 10.4 Å². The quantitative estimate of drug-likeness (QED) is 0.586. The lowest BCUT2D eigenvalue weighted by atomic mass is 10.0. The maximum atomic E-state index is 13.8. The summed E-state index contributed by atoms with van der Waals surface area (Å²) in [4.78, 5) is 0. The summed E-state index contributed by atoms with van der Waals surface area (Å²) in [6.45, 7) is 18.9. The van der Waals surface area contributed by atoms with Crippen LogP contribution in [0.25, 0.3) is 11.3 Å². The van der Waals surface area contributed by atoms with Crippen molar-refractivity contribution in [2.45, 2.75) is 33.4 Å². The molecule has 0 aliphatic rings. The molecule has 134 valence electrons. The van der Waals surface area contributed by atoms with Gasteiger partial charge in [-0.25, -0.2) is 4.39 Å². The van der Waals surface area contributed by atoms with Crippen molar-refractivity contribution in [2.75, 3.05) is 6.54 Å². The molecule has 0 unspecified atom stereocenters. The van der Waals surface area contributed by atoms with E-state index in [-0.39, 0.29) is 5.75 Å². The summed E-state index contributed by atoms with van der Waals surface area (Å²) in [5.41, 5.74) is 3.40. The highest BCUT2D eigenvalue weighted by atomic mass is 19.1. The molecule has 0 aromatic heterocycles. The molecule has 1 rings (SSSR count). The Morgan fingerprint density at radius 1 is 1.16 bits per heavy atom. The zero-order chi connectivity index (χ0) is 19.2. The molecule has 0 heterocycles. The lowest BCUT2D eigenvalue weighted by Gasteiger charge is -2.15. The molecule has 0 aliphatic heterocycles. The monoisotopic (exact) mass is 341 g/mol. The highest BCUT2D eigenvalue weighted by Crippen LogP contribution is 2.24. The minimum Gasteiger partial charge on any atom is -0.508 e. The molecule has 25 heavy (non-hydrogen) atoms. The van der Waals surface area contributed by atoms with Crippen molar-refractivity contribution < 1.29 is 9.50 Å². The van der Waals surface area contributed by atoms with Crippen LogP contribution in [0.15, 0.2) is 67.3 Å². The third-order valence-electron chi connectivity index (χ3n) is 4.01. The standard InChI is InChI=1S/C22H28FNO/c1-8-18(10-9-16(4)22(6,7)23)14-24-17(5)20-11-19(15(2)3)12-21(25)13-20/h8-13,24-25H,1-2,5,14H2,3-4,6-7H3/b16-9+,18-10+. The van der Waals surface area contributed by atoms with Crippen LogP contribution in [0.4, 0.5) is 4.39 Å². The normalized spacial score (nSPS) is 12.7. The largest absolute Gasteiger partial charge is 0.508 e. The van der Waals surface area contributed by atoms with Gasteiger partial charge in [-0.05, 0) is 62.6 Å². The number of halogens is 1. The van der Waals surface area contributed by atoms with Gasteiger partial charge in [-0.2, -0.15) is 0 Å². The number of aromatic hydroxyl groups is 1. The van der Waals surface area contributed by atoms with Crippen molar-refractivity contribution in [3.63, 3.8) is 0 Å². The third-order valence-corrected chi connectivity index (χ3v) is 4.01. The van der Waals surface area contributed by atoms with Gasteiger partial charge in [-0.3, -0.25) is 0 Å². The summed E-state index contributed by atoms with van der Waals surface area (Å²) in [7, 11) is 0. The van der Waals surface area contributed by atoms with Gasteiger partial charge in [0.1, 0.15) is 11.4 Å². The van der Waals surface area contributed by atoms with Crippen LogP contribution in [-0.2, 0) is 0 Å². The van der Waals surface area contributed by atoms with Crippen LogP contribution < -0.4 is 5.32 Å².